The predicted molar refractivity (Wildman–Crippen MR) is 63.4 cm³/mol. The Balaban J connectivity index is 0.00000128. The molecular weight excluding hydrogens is 253 g/mol. The van der Waals surface area contributed by atoms with Gasteiger partial charge in [-0.15, -0.1) is 12.4 Å². The van der Waals surface area contributed by atoms with Crippen molar-refractivity contribution in [3.63, 3.8) is 0 Å². The summed E-state index contributed by atoms with van der Waals surface area (Å²) in [5.74, 6) is 0.0742. The van der Waals surface area contributed by atoms with E-state index in [4.69, 9.17) is 27.1 Å². The van der Waals surface area contributed by atoms with Gasteiger partial charge in [0.2, 0.25) is 0 Å². The minimum absolute atomic E-state index is 0. The maximum absolute atomic E-state index is 8.44. The summed E-state index contributed by atoms with van der Waals surface area (Å²) < 4.78 is 5.05. The Kier molecular flexibility index (Phi) is 3.98. The van der Waals surface area contributed by atoms with Crippen LogP contribution in [0.5, 0.6) is 0 Å². The molecule has 1 aromatic heterocycles. The van der Waals surface area contributed by atoms with Gasteiger partial charge in [-0.25, -0.2) is 0 Å². The van der Waals surface area contributed by atoms with E-state index < -0.39 is 0 Å². The molecular formula is C9H9Cl2N3O2. The molecule has 0 saturated carbocycles. The van der Waals surface area contributed by atoms with Crippen LogP contribution >= 0.6 is 24.0 Å². The Morgan fingerprint density at radius 3 is 3.00 bits per heavy atom. The quantitative estimate of drug-likeness (QED) is 0.376. The number of fused-ring (bicyclic) bond motifs is 1. The monoisotopic (exact) mass is 261 g/mol. The highest BCUT2D eigenvalue weighted by atomic mass is 35.5. The number of benzene rings is 1. The third kappa shape index (κ3) is 2.37. The zero-order chi connectivity index (χ0) is 10.8. The molecule has 0 unspecified atom stereocenters. The molecule has 0 amide bonds. The lowest BCUT2D eigenvalue weighted by Crippen LogP contribution is -2.14. The summed E-state index contributed by atoms with van der Waals surface area (Å²) in [4.78, 5) is 0. The van der Waals surface area contributed by atoms with E-state index in [0.29, 0.717) is 16.3 Å². The van der Waals surface area contributed by atoms with Gasteiger partial charge in [-0.3, -0.25) is 0 Å². The molecule has 2 aromatic rings. The van der Waals surface area contributed by atoms with E-state index in [-0.39, 0.29) is 24.7 Å². The number of nitrogens with two attached hydrogens (primary N) is 1. The summed E-state index contributed by atoms with van der Waals surface area (Å²) in [7, 11) is 0. The second kappa shape index (κ2) is 5.05. The molecule has 1 aromatic carbocycles. The smallest absolute Gasteiger partial charge is 0.167 e. The topological polar surface area (TPSA) is 84.6 Å². The first kappa shape index (κ1) is 12.6. The van der Waals surface area contributed by atoms with Crippen LogP contribution in [0.25, 0.3) is 11.0 Å². The highest BCUT2D eigenvalue weighted by Crippen LogP contribution is 2.22. The summed E-state index contributed by atoms with van der Waals surface area (Å²) in [5.41, 5.74) is 6.60. The van der Waals surface area contributed by atoms with Crippen LogP contribution in [0.3, 0.4) is 0 Å². The van der Waals surface area contributed by atoms with Gasteiger partial charge >= 0.3 is 0 Å². The number of nitrogens with zero attached hydrogens (tertiary/aromatic N) is 2. The number of hydrogen-bond donors (Lipinski definition) is 2. The molecule has 0 spiro atoms. The average molecular weight is 262 g/mol. The molecule has 0 aliphatic rings. The summed E-state index contributed by atoms with van der Waals surface area (Å²) in [6, 6.07) is 5.16. The number of amidine groups is 1. The zero-order valence-electron chi connectivity index (χ0n) is 8.05. The van der Waals surface area contributed by atoms with Crippen molar-refractivity contribution in [2.24, 2.45) is 10.9 Å². The van der Waals surface area contributed by atoms with Crippen LogP contribution in [-0.4, -0.2) is 16.2 Å². The van der Waals surface area contributed by atoms with Gasteiger partial charge in [0.05, 0.1) is 12.1 Å². The van der Waals surface area contributed by atoms with Crippen molar-refractivity contribution in [1.29, 1.82) is 0 Å². The highest BCUT2D eigenvalue weighted by molar-refractivity contribution is 6.31. The van der Waals surface area contributed by atoms with Crippen LogP contribution in [0.1, 0.15) is 5.69 Å². The van der Waals surface area contributed by atoms with Crippen molar-refractivity contribution in [2.75, 3.05) is 0 Å². The Bertz CT molecular complexity index is 524. The molecule has 0 aliphatic heterocycles. The molecule has 1 heterocycles. The van der Waals surface area contributed by atoms with E-state index in [1.165, 1.54) is 0 Å². The maximum atomic E-state index is 8.44. The second-order valence-corrected chi connectivity index (χ2v) is 3.47. The van der Waals surface area contributed by atoms with Crippen molar-refractivity contribution in [1.82, 2.24) is 5.16 Å². The van der Waals surface area contributed by atoms with Crippen LogP contribution in [0.4, 0.5) is 0 Å². The van der Waals surface area contributed by atoms with Gasteiger partial charge in [0.25, 0.3) is 0 Å². The number of aromatic nitrogens is 1. The fourth-order valence-corrected chi connectivity index (χ4v) is 1.47. The van der Waals surface area contributed by atoms with Crippen molar-refractivity contribution in [2.45, 2.75) is 6.42 Å². The van der Waals surface area contributed by atoms with Crippen LogP contribution in [-0.2, 0) is 6.42 Å². The Labute approximate surface area is 102 Å². The van der Waals surface area contributed by atoms with E-state index in [1.807, 2.05) is 0 Å². The molecule has 0 bridgehead atoms. The van der Waals surface area contributed by atoms with Gasteiger partial charge in [-0.1, -0.05) is 21.9 Å². The van der Waals surface area contributed by atoms with Crippen molar-refractivity contribution in [3.05, 3.63) is 28.9 Å². The van der Waals surface area contributed by atoms with Gasteiger partial charge in [0, 0.05) is 10.4 Å². The number of oxime groups is 1. The summed E-state index contributed by atoms with van der Waals surface area (Å²) in [6.45, 7) is 0. The Morgan fingerprint density at radius 1 is 1.56 bits per heavy atom. The summed E-state index contributed by atoms with van der Waals surface area (Å²) in [5, 5.41) is 16.5. The molecule has 0 fully saturated rings. The van der Waals surface area contributed by atoms with Crippen molar-refractivity contribution >= 4 is 40.8 Å². The van der Waals surface area contributed by atoms with Gasteiger partial charge in [0.15, 0.2) is 5.58 Å². The van der Waals surface area contributed by atoms with E-state index in [1.54, 1.807) is 18.2 Å². The predicted octanol–water partition coefficient (Wildman–Crippen LogP) is 2.19. The normalized spacial score (nSPS) is 11.4. The van der Waals surface area contributed by atoms with Crippen LogP contribution in [0.15, 0.2) is 27.9 Å². The molecule has 2 rings (SSSR count). The summed E-state index contributed by atoms with van der Waals surface area (Å²) >= 11 is 5.84. The molecule has 3 N–H and O–H groups in total. The minimum Gasteiger partial charge on any atom is -0.409 e. The first-order chi connectivity index (χ1) is 7.20. The van der Waals surface area contributed by atoms with Crippen LogP contribution in [0.2, 0.25) is 5.02 Å². The third-order valence-corrected chi connectivity index (χ3v) is 2.22. The third-order valence-electron chi connectivity index (χ3n) is 1.98. The van der Waals surface area contributed by atoms with E-state index in [2.05, 4.69) is 10.3 Å². The van der Waals surface area contributed by atoms with Crippen molar-refractivity contribution < 1.29 is 9.73 Å². The minimum atomic E-state index is 0. The molecule has 0 atom stereocenters. The van der Waals surface area contributed by atoms with Gasteiger partial charge in [-0.05, 0) is 18.2 Å². The molecule has 86 valence electrons. The Hall–Kier alpha value is -1.46. The average Bonchev–Trinajstić information content (AvgIpc) is 2.61. The highest BCUT2D eigenvalue weighted by Gasteiger charge is 2.10. The fraction of sp³-hybridized carbons (Fsp3) is 0.111. The first-order valence-electron chi connectivity index (χ1n) is 4.21. The largest absolute Gasteiger partial charge is 0.409 e. The van der Waals surface area contributed by atoms with Crippen LogP contribution in [0, 0.1) is 0 Å². The number of halogens is 2. The first-order valence-corrected chi connectivity index (χ1v) is 4.58. The lowest BCUT2D eigenvalue weighted by Gasteiger charge is -1.94. The SMILES string of the molecule is Cl.NC(Cc1noc2ccc(Cl)cc12)=NO. The van der Waals surface area contributed by atoms with Gasteiger partial charge in [0.1, 0.15) is 5.84 Å². The van der Waals surface area contributed by atoms with Crippen molar-refractivity contribution in [3.8, 4) is 0 Å². The fourth-order valence-electron chi connectivity index (χ4n) is 1.30. The lowest BCUT2D eigenvalue weighted by atomic mass is 10.1. The maximum Gasteiger partial charge on any atom is 0.167 e. The van der Waals surface area contributed by atoms with Gasteiger partial charge < -0.3 is 15.5 Å². The van der Waals surface area contributed by atoms with E-state index in [0.717, 1.165) is 5.39 Å². The number of hydrogen-bond acceptors (Lipinski definition) is 4. The molecule has 0 aliphatic carbocycles. The Morgan fingerprint density at radius 2 is 2.31 bits per heavy atom. The molecule has 5 nitrogen and oxygen atoms in total. The standard InChI is InChI=1S/C9H8ClN3O2.ClH/c10-5-1-2-8-6(3-5)7(13-15-8)4-9(11)12-14;/h1-3,14H,4H2,(H2,11,12);1H. The van der Waals surface area contributed by atoms with E-state index in [9.17, 15) is 0 Å². The zero-order valence-corrected chi connectivity index (χ0v) is 9.63. The molecule has 0 saturated heterocycles. The molecule has 7 heteroatoms. The van der Waals surface area contributed by atoms with E-state index >= 15 is 0 Å². The molecule has 0 radical (unpaired) electrons. The van der Waals surface area contributed by atoms with Gasteiger partial charge in [-0.2, -0.15) is 0 Å². The summed E-state index contributed by atoms with van der Waals surface area (Å²) in [6.07, 6.45) is 0.226. The number of rotatable bonds is 2. The molecule has 16 heavy (non-hydrogen) atoms. The van der Waals surface area contributed by atoms with Crippen LogP contribution < -0.4 is 5.73 Å². The second-order valence-electron chi connectivity index (χ2n) is 3.04. The lowest BCUT2D eigenvalue weighted by molar-refractivity contribution is 0.317.